The molecule has 2 aliphatic rings. The van der Waals surface area contributed by atoms with E-state index >= 15 is 0 Å². The molecule has 0 amide bonds. The molecule has 2 aliphatic carbocycles. The fraction of sp³-hybridized carbons (Fsp3) is 0.824. The molecule has 4 heteroatoms. The molecule has 1 heterocycles. The summed E-state index contributed by atoms with van der Waals surface area (Å²) in [6, 6.07) is 0.481. The van der Waals surface area contributed by atoms with Crippen molar-refractivity contribution in [3.8, 4) is 0 Å². The zero-order valence-electron chi connectivity index (χ0n) is 13.9. The van der Waals surface area contributed by atoms with Crippen molar-refractivity contribution in [2.75, 3.05) is 25.5 Å². The van der Waals surface area contributed by atoms with Crippen LogP contribution in [-0.2, 0) is 6.42 Å². The first-order valence-electron chi connectivity index (χ1n) is 8.36. The average molecular weight is 308 g/mol. The number of nitrogens with one attached hydrogen (secondary N) is 1. The first-order chi connectivity index (χ1) is 9.98. The summed E-state index contributed by atoms with van der Waals surface area (Å²) in [5.41, 5.74) is 1.69. The second-order valence-corrected chi connectivity index (χ2v) is 8.73. The lowest BCUT2D eigenvalue weighted by molar-refractivity contribution is 0.265. The number of anilines is 1. The zero-order valence-corrected chi connectivity index (χ0v) is 14.7. The summed E-state index contributed by atoms with van der Waals surface area (Å²) in [5, 5.41) is 4.72. The summed E-state index contributed by atoms with van der Waals surface area (Å²) in [6.07, 6.45) is 7.98. The monoisotopic (exact) mass is 307 g/mol. The quantitative estimate of drug-likeness (QED) is 0.911. The van der Waals surface area contributed by atoms with Gasteiger partial charge in [-0.3, -0.25) is 0 Å². The van der Waals surface area contributed by atoms with Crippen LogP contribution < -0.4 is 10.2 Å². The lowest BCUT2D eigenvalue weighted by Gasteiger charge is -2.34. The van der Waals surface area contributed by atoms with Gasteiger partial charge in [0.25, 0.3) is 0 Å². The Balaban J connectivity index is 1.77. The van der Waals surface area contributed by atoms with Gasteiger partial charge in [0, 0.05) is 24.5 Å². The SMILES string of the molecule is CNC1CC(C)(C)Cc2nc(N(C)CC3CCCC3)sc21. The molecule has 1 aromatic heterocycles. The van der Waals surface area contributed by atoms with E-state index in [0.717, 1.165) is 12.3 Å². The predicted molar refractivity (Wildman–Crippen MR) is 91.2 cm³/mol. The van der Waals surface area contributed by atoms with Crippen molar-refractivity contribution >= 4 is 16.5 Å². The molecular formula is C17H29N3S. The molecule has 1 fully saturated rings. The number of aromatic nitrogens is 1. The Morgan fingerprint density at radius 2 is 2.05 bits per heavy atom. The van der Waals surface area contributed by atoms with Gasteiger partial charge in [0.05, 0.1) is 5.69 Å². The molecule has 1 saturated carbocycles. The normalized spacial score (nSPS) is 25.0. The maximum absolute atomic E-state index is 4.99. The van der Waals surface area contributed by atoms with E-state index in [0.29, 0.717) is 11.5 Å². The minimum atomic E-state index is 0.357. The molecule has 1 unspecified atom stereocenters. The van der Waals surface area contributed by atoms with E-state index in [1.807, 2.05) is 11.3 Å². The topological polar surface area (TPSA) is 28.2 Å². The van der Waals surface area contributed by atoms with Gasteiger partial charge in [0.15, 0.2) is 5.13 Å². The highest BCUT2D eigenvalue weighted by atomic mass is 32.1. The van der Waals surface area contributed by atoms with Gasteiger partial charge >= 0.3 is 0 Å². The summed E-state index contributed by atoms with van der Waals surface area (Å²) >= 11 is 1.91. The molecule has 1 aromatic rings. The number of rotatable bonds is 4. The first kappa shape index (κ1) is 15.3. The number of hydrogen-bond acceptors (Lipinski definition) is 4. The standard InChI is InChI=1S/C17H29N3S/c1-17(2)9-13(18-3)15-14(10-17)19-16(21-15)20(4)11-12-7-5-6-8-12/h12-13,18H,5-11H2,1-4H3. The molecule has 0 aliphatic heterocycles. The van der Waals surface area contributed by atoms with Gasteiger partial charge < -0.3 is 10.2 Å². The Morgan fingerprint density at radius 1 is 1.33 bits per heavy atom. The Kier molecular flexibility index (Phi) is 4.28. The van der Waals surface area contributed by atoms with Crippen LogP contribution in [0.1, 0.15) is 62.6 Å². The van der Waals surface area contributed by atoms with Crippen molar-refractivity contribution < 1.29 is 0 Å². The summed E-state index contributed by atoms with van der Waals surface area (Å²) < 4.78 is 0. The summed E-state index contributed by atoms with van der Waals surface area (Å²) in [6.45, 7) is 5.91. The summed E-state index contributed by atoms with van der Waals surface area (Å²) in [5.74, 6) is 0.882. The highest BCUT2D eigenvalue weighted by molar-refractivity contribution is 7.15. The minimum absolute atomic E-state index is 0.357. The summed E-state index contributed by atoms with van der Waals surface area (Å²) in [7, 11) is 4.31. The zero-order chi connectivity index (χ0) is 15.0. The van der Waals surface area contributed by atoms with Crippen LogP contribution in [0, 0.1) is 11.3 Å². The molecule has 0 spiro atoms. The molecule has 3 nitrogen and oxygen atoms in total. The van der Waals surface area contributed by atoms with Crippen molar-refractivity contribution in [1.29, 1.82) is 0 Å². The third-order valence-electron chi connectivity index (χ3n) is 5.12. The molecule has 0 radical (unpaired) electrons. The van der Waals surface area contributed by atoms with Gasteiger partial charge in [-0.05, 0) is 44.1 Å². The molecule has 21 heavy (non-hydrogen) atoms. The van der Waals surface area contributed by atoms with Crippen LogP contribution in [0.5, 0.6) is 0 Å². The number of nitrogens with zero attached hydrogens (tertiary/aromatic N) is 2. The predicted octanol–water partition coefficient (Wildman–Crippen LogP) is 4.00. The Labute approximate surface area is 133 Å². The number of fused-ring (bicyclic) bond motifs is 1. The second-order valence-electron chi connectivity index (χ2n) is 7.72. The smallest absolute Gasteiger partial charge is 0.185 e. The van der Waals surface area contributed by atoms with Crippen LogP contribution in [0.2, 0.25) is 0 Å². The Bertz CT molecular complexity index is 488. The van der Waals surface area contributed by atoms with Crippen LogP contribution >= 0.6 is 11.3 Å². The molecule has 1 N–H and O–H groups in total. The van der Waals surface area contributed by atoms with Gasteiger partial charge in [0.1, 0.15) is 0 Å². The lowest BCUT2D eigenvalue weighted by atomic mass is 9.76. The number of thiazole rings is 1. The van der Waals surface area contributed by atoms with Crippen LogP contribution in [0.3, 0.4) is 0 Å². The molecule has 1 atom stereocenters. The van der Waals surface area contributed by atoms with Crippen molar-refractivity contribution in [2.45, 2.75) is 58.4 Å². The largest absolute Gasteiger partial charge is 0.351 e. The van der Waals surface area contributed by atoms with Gasteiger partial charge in [-0.2, -0.15) is 0 Å². The van der Waals surface area contributed by atoms with Crippen molar-refractivity contribution in [1.82, 2.24) is 10.3 Å². The molecule has 3 rings (SSSR count). The van der Waals surface area contributed by atoms with Crippen LogP contribution in [-0.4, -0.2) is 25.6 Å². The maximum atomic E-state index is 4.99. The van der Waals surface area contributed by atoms with Crippen LogP contribution in [0.4, 0.5) is 5.13 Å². The fourth-order valence-corrected chi connectivity index (χ4v) is 5.14. The first-order valence-corrected chi connectivity index (χ1v) is 9.18. The van der Waals surface area contributed by atoms with Crippen LogP contribution in [0.15, 0.2) is 0 Å². The van der Waals surface area contributed by atoms with E-state index in [1.165, 1.54) is 54.4 Å². The maximum Gasteiger partial charge on any atom is 0.185 e. The second kappa shape index (κ2) is 5.88. The van der Waals surface area contributed by atoms with Gasteiger partial charge in [-0.25, -0.2) is 4.98 Å². The van der Waals surface area contributed by atoms with E-state index in [4.69, 9.17) is 4.98 Å². The third kappa shape index (κ3) is 3.26. The Hall–Kier alpha value is -0.610. The highest BCUT2D eigenvalue weighted by Gasteiger charge is 2.34. The fourth-order valence-electron chi connectivity index (χ4n) is 3.98. The Morgan fingerprint density at radius 3 is 2.71 bits per heavy atom. The van der Waals surface area contributed by atoms with Crippen molar-refractivity contribution in [2.24, 2.45) is 11.3 Å². The van der Waals surface area contributed by atoms with E-state index < -0.39 is 0 Å². The highest BCUT2D eigenvalue weighted by Crippen LogP contribution is 2.44. The molecule has 0 bridgehead atoms. The van der Waals surface area contributed by atoms with E-state index in [2.05, 4.69) is 38.2 Å². The van der Waals surface area contributed by atoms with E-state index in [1.54, 1.807) is 0 Å². The average Bonchev–Trinajstić information content (AvgIpc) is 3.05. The minimum Gasteiger partial charge on any atom is -0.351 e. The molecule has 118 valence electrons. The number of hydrogen-bond donors (Lipinski definition) is 1. The third-order valence-corrected chi connectivity index (χ3v) is 6.44. The van der Waals surface area contributed by atoms with Crippen molar-refractivity contribution in [3.05, 3.63) is 10.6 Å². The molecular weight excluding hydrogens is 278 g/mol. The van der Waals surface area contributed by atoms with Crippen LogP contribution in [0.25, 0.3) is 0 Å². The van der Waals surface area contributed by atoms with Gasteiger partial charge in [-0.15, -0.1) is 0 Å². The molecule has 0 saturated heterocycles. The summed E-state index contributed by atoms with van der Waals surface area (Å²) in [4.78, 5) is 8.87. The van der Waals surface area contributed by atoms with Gasteiger partial charge in [-0.1, -0.05) is 38.0 Å². The van der Waals surface area contributed by atoms with Gasteiger partial charge in [0.2, 0.25) is 0 Å². The molecule has 0 aromatic carbocycles. The lowest BCUT2D eigenvalue weighted by Crippen LogP contribution is -2.30. The van der Waals surface area contributed by atoms with E-state index in [9.17, 15) is 0 Å². The van der Waals surface area contributed by atoms with Crippen molar-refractivity contribution in [3.63, 3.8) is 0 Å². The van der Waals surface area contributed by atoms with E-state index in [-0.39, 0.29) is 0 Å².